The second-order valence-electron chi connectivity index (χ2n) is 5.26. The Morgan fingerprint density at radius 2 is 2.17 bits per heavy atom. The van der Waals surface area contributed by atoms with E-state index in [0.29, 0.717) is 12.1 Å². The van der Waals surface area contributed by atoms with Gasteiger partial charge in [-0.05, 0) is 56.8 Å². The number of hydrogen-bond donors (Lipinski definition) is 1. The van der Waals surface area contributed by atoms with E-state index >= 15 is 0 Å². The third-order valence-corrected chi connectivity index (χ3v) is 4.85. The molecule has 1 aromatic heterocycles. The van der Waals surface area contributed by atoms with Crippen LogP contribution in [-0.4, -0.2) is 30.6 Å². The van der Waals surface area contributed by atoms with E-state index in [1.807, 2.05) is 11.3 Å². The Labute approximate surface area is 115 Å². The summed E-state index contributed by atoms with van der Waals surface area (Å²) < 4.78 is 0. The molecule has 2 heterocycles. The van der Waals surface area contributed by atoms with Gasteiger partial charge in [-0.25, -0.2) is 0 Å². The van der Waals surface area contributed by atoms with Crippen LogP contribution in [0.2, 0.25) is 0 Å². The van der Waals surface area contributed by atoms with E-state index in [0.717, 1.165) is 0 Å². The summed E-state index contributed by atoms with van der Waals surface area (Å²) >= 11 is 1.88. The van der Waals surface area contributed by atoms with Crippen LogP contribution < -0.4 is 5.32 Å². The summed E-state index contributed by atoms with van der Waals surface area (Å²) in [6, 6.07) is 5.70. The van der Waals surface area contributed by atoms with Crippen molar-refractivity contribution in [2.24, 2.45) is 0 Å². The Morgan fingerprint density at radius 3 is 2.72 bits per heavy atom. The van der Waals surface area contributed by atoms with Gasteiger partial charge >= 0.3 is 0 Å². The van der Waals surface area contributed by atoms with Crippen LogP contribution in [0.5, 0.6) is 0 Å². The number of thiophene rings is 1. The molecule has 1 aromatic rings. The maximum absolute atomic E-state index is 3.85. The number of rotatable bonds is 6. The summed E-state index contributed by atoms with van der Waals surface area (Å²) in [6.07, 6.45) is 5.09. The first kappa shape index (κ1) is 14.0. The average Bonchev–Trinajstić information content (AvgIpc) is 2.92. The van der Waals surface area contributed by atoms with Gasteiger partial charge in [-0.1, -0.05) is 19.9 Å². The van der Waals surface area contributed by atoms with E-state index in [-0.39, 0.29) is 0 Å². The average molecular weight is 266 g/mol. The summed E-state index contributed by atoms with van der Waals surface area (Å²) in [6.45, 7) is 8.37. The van der Waals surface area contributed by atoms with Crippen LogP contribution in [0.3, 0.4) is 0 Å². The zero-order valence-corrected chi connectivity index (χ0v) is 12.5. The van der Waals surface area contributed by atoms with E-state index < -0.39 is 0 Å². The van der Waals surface area contributed by atoms with Crippen molar-refractivity contribution in [1.82, 2.24) is 10.2 Å². The molecule has 18 heavy (non-hydrogen) atoms. The van der Waals surface area contributed by atoms with E-state index in [2.05, 4.69) is 41.6 Å². The molecule has 1 aliphatic rings. The van der Waals surface area contributed by atoms with Gasteiger partial charge in [-0.2, -0.15) is 0 Å². The highest BCUT2D eigenvalue weighted by Crippen LogP contribution is 2.24. The fraction of sp³-hybridized carbons (Fsp3) is 0.733. The van der Waals surface area contributed by atoms with Gasteiger partial charge in [0.2, 0.25) is 0 Å². The van der Waals surface area contributed by atoms with Gasteiger partial charge in [0.15, 0.2) is 0 Å². The molecule has 2 nitrogen and oxygen atoms in total. The third kappa shape index (κ3) is 3.81. The van der Waals surface area contributed by atoms with Gasteiger partial charge in [-0.3, -0.25) is 0 Å². The molecule has 0 radical (unpaired) electrons. The zero-order valence-electron chi connectivity index (χ0n) is 11.7. The van der Waals surface area contributed by atoms with E-state index in [1.165, 1.54) is 50.2 Å². The molecule has 1 fully saturated rings. The second-order valence-corrected chi connectivity index (χ2v) is 6.24. The SMILES string of the molecule is CCCN1CCC(NC(CC)c2cccs2)CC1. The van der Waals surface area contributed by atoms with Crippen molar-refractivity contribution >= 4 is 11.3 Å². The standard InChI is InChI=1S/C15H26N2S/c1-3-9-17-10-7-13(8-11-17)16-14(4-2)15-6-5-12-18-15/h5-6,12-14,16H,3-4,7-11H2,1-2H3. The second kappa shape index (κ2) is 7.27. The lowest BCUT2D eigenvalue weighted by Gasteiger charge is -2.34. The third-order valence-electron chi connectivity index (χ3n) is 3.86. The summed E-state index contributed by atoms with van der Waals surface area (Å²) in [5.74, 6) is 0. The molecule has 0 saturated carbocycles. The largest absolute Gasteiger partial charge is 0.306 e. The smallest absolute Gasteiger partial charge is 0.0414 e. The molecule has 1 unspecified atom stereocenters. The molecule has 1 aliphatic heterocycles. The molecular weight excluding hydrogens is 240 g/mol. The Morgan fingerprint density at radius 1 is 1.39 bits per heavy atom. The minimum atomic E-state index is 0.563. The van der Waals surface area contributed by atoms with Gasteiger partial charge in [0.25, 0.3) is 0 Å². The monoisotopic (exact) mass is 266 g/mol. The number of hydrogen-bond acceptors (Lipinski definition) is 3. The van der Waals surface area contributed by atoms with Crippen LogP contribution in [0, 0.1) is 0 Å². The molecule has 0 bridgehead atoms. The van der Waals surface area contributed by atoms with Gasteiger partial charge in [0.1, 0.15) is 0 Å². The van der Waals surface area contributed by atoms with Crippen LogP contribution in [0.1, 0.15) is 50.4 Å². The van der Waals surface area contributed by atoms with Crippen molar-refractivity contribution in [1.29, 1.82) is 0 Å². The van der Waals surface area contributed by atoms with Crippen LogP contribution in [0.25, 0.3) is 0 Å². The molecule has 3 heteroatoms. The maximum Gasteiger partial charge on any atom is 0.0414 e. The molecule has 1 atom stereocenters. The normalized spacial score (nSPS) is 20.1. The Bertz CT molecular complexity index is 315. The first-order valence-corrected chi connectivity index (χ1v) is 8.23. The topological polar surface area (TPSA) is 15.3 Å². The fourth-order valence-corrected chi connectivity index (χ4v) is 3.69. The highest BCUT2D eigenvalue weighted by molar-refractivity contribution is 7.10. The summed E-state index contributed by atoms with van der Waals surface area (Å²) in [5.41, 5.74) is 0. The van der Waals surface area contributed by atoms with Crippen LogP contribution >= 0.6 is 11.3 Å². The fourth-order valence-electron chi connectivity index (χ4n) is 2.81. The molecule has 1 saturated heterocycles. The lowest BCUT2D eigenvalue weighted by atomic mass is 10.0. The van der Waals surface area contributed by atoms with Crippen molar-refractivity contribution in [3.05, 3.63) is 22.4 Å². The Hall–Kier alpha value is -0.380. The maximum atomic E-state index is 3.85. The van der Waals surface area contributed by atoms with Crippen molar-refractivity contribution in [3.63, 3.8) is 0 Å². The molecule has 1 N–H and O–H groups in total. The van der Waals surface area contributed by atoms with Gasteiger partial charge < -0.3 is 10.2 Å². The van der Waals surface area contributed by atoms with E-state index in [9.17, 15) is 0 Å². The number of piperidine rings is 1. The number of likely N-dealkylation sites (tertiary alicyclic amines) is 1. The van der Waals surface area contributed by atoms with Crippen LogP contribution in [0.4, 0.5) is 0 Å². The lowest BCUT2D eigenvalue weighted by Crippen LogP contribution is -2.43. The van der Waals surface area contributed by atoms with Crippen molar-refractivity contribution in [2.75, 3.05) is 19.6 Å². The minimum Gasteiger partial charge on any atom is -0.306 e. The van der Waals surface area contributed by atoms with E-state index in [4.69, 9.17) is 0 Å². The summed E-state index contributed by atoms with van der Waals surface area (Å²) in [7, 11) is 0. The van der Waals surface area contributed by atoms with Crippen molar-refractivity contribution in [3.8, 4) is 0 Å². The highest BCUT2D eigenvalue weighted by atomic mass is 32.1. The van der Waals surface area contributed by atoms with Gasteiger partial charge in [-0.15, -0.1) is 11.3 Å². The van der Waals surface area contributed by atoms with Gasteiger partial charge in [0.05, 0.1) is 0 Å². The van der Waals surface area contributed by atoms with Crippen LogP contribution in [-0.2, 0) is 0 Å². The van der Waals surface area contributed by atoms with Crippen molar-refractivity contribution < 1.29 is 0 Å². The molecule has 102 valence electrons. The molecule has 2 rings (SSSR count). The highest BCUT2D eigenvalue weighted by Gasteiger charge is 2.21. The molecule has 0 aliphatic carbocycles. The molecular formula is C15H26N2S. The van der Waals surface area contributed by atoms with E-state index in [1.54, 1.807) is 0 Å². The predicted molar refractivity (Wildman–Crippen MR) is 80.2 cm³/mol. The number of nitrogens with one attached hydrogen (secondary N) is 1. The Kier molecular flexibility index (Phi) is 5.67. The predicted octanol–water partition coefficient (Wildman–Crippen LogP) is 3.66. The van der Waals surface area contributed by atoms with Gasteiger partial charge in [0, 0.05) is 17.0 Å². The first-order chi connectivity index (χ1) is 8.83. The lowest BCUT2D eigenvalue weighted by molar-refractivity contribution is 0.190. The minimum absolute atomic E-state index is 0.563. The molecule has 0 amide bonds. The molecule has 0 spiro atoms. The summed E-state index contributed by atoms with van der Waals surface area (Å²) in [5, 5.41) is 6.04. The first-order valence-electron chi connectivity index (χ1n) is 7.35. The zero-order chi connectivity index (χ0) is 12.8. The number of nitrogens with zero attached hydrogens (tertiary/aromatic N) is 1. The van der Waals surface area contributed by atoms with Crippen molar-refractivity contribution in [2.45, 2.75) is 51.6 Å². The summed E-state index contributed by atoms with van der Waals surface area (Å²) in [4.78, 5) is 4.10. The van der Waals surface area contributed by atoms with Crippen LogP contribution in [0.15, 0.2) is 17.5 Å². The Balaban J connectivity index is 1.80. The molecule has 0 aromatic carbocycles. The quantitative estimate of drug-likeness (QED) is 0.845.